The minimum Gasteiger partial charge on any atom is -0.394 e. The Bertz CT molecular complexity index is 1950. The molecule has 5 N–H and O–H groups in total. The third kappa shape index (κ3) is 19.5. The van der Waals surface area contributed by atoms with Crippen molar-refractivity contribution in [2.24, 2.45) is 0 Å². The number of rotatable bonds is 11. The molecule has 1 aliphatic rings. The van der Waals surface area contributed by atoms with Crippen molar-refractivity contribution in [2.75, 3.05) is 13.2 Å². The average Bonchev–Trinajstić information content (AvgIpc) is 3.11. The molecule has 50 heavy (non-hydrogen) atoms. The van der Waals surface area contributed by atoms with E-state index in [0.717, 1.165) is 19.3 Å². The molecule has 0 aliphatic carbocycles. The molecule has 250 valence electrons. The van der Waals surface area contributed by atoms with E-state index in [1.165, 1.54) is 0 Å². The van der Waals surface area contributed by atoms with E-state index in [1.54, 1.807) is 6.92 Å². The molecule has 8 nitrogen and oxygen atoms in total. The lowest BCUT2D eigenvalue weighted by Crippen LogP contribution is -2.59. The number of aliphatic hydroxyl groups excluding tert-OH is 4. The maximum Gasteiger partial charge on any atom is 0.297 e. The molecule has 1 heterocycles. The molecule has 2 unspecified atom stereocenters. The van der Waals surface area contributed by atoms with Crippen LogP contribution in [0.25, 0.3) is 0 Å². The summed E-state index contributed by atoms with van der Waals surface area (Å²) in [5.74, 6) is 58.2. The van der Waals surface area contributed by atoms with Gasteiger partial charge in [-0.15, -0.1) is 0 Å². The first-order chi connectivity index (χ1) is 24.3. The number of nitrogens with one attached hydrogen (secondary N) is 1. The molecule has 1 aliphatic heterocycles. The van der Waals surface area contributed by atoms with Crippen molar-refractivity contribution < 1.29 is 39.1 Å². The van der Waals surface area contributed by atoms with E-state index in [4.69, 9.17) is 9.47 Å². The van der Waals surface area contributed by atoms with Gasteiger partial charge < -0.3 is 35.2 Å². The van der Waals surface area contributed by atoms with Crippen molar-refractivity contribution in [1.29, 1.82) is 0 Å². The van der Waals surface area contributed by atoms with Gasteiger partial charge in [0.2, 0.25) is 0 Å². The van der Waals surface area contributed by atoms with Gasteiger partial charge in [-0.1, -0.05) is 38.5 Å². The molecule has 1 rings (SSSR count). The zero-order valence-electron chi connectivity index (χ0n) is 27.4. The van der Waals surface area contributed by atoms with Crippen LogP contribution in [0.1, 0.15) is 46.0 Å². The Hall–Kier alpha value is -6.12. The number of hydrogen-bond acceptors (Lipinski definition) is 7. The fourth-order valence-electron chi connectivity index (χ4n) is 3.59. The molecule has 9 heteroatoms. The van der Waals surface area contributed by atoms with Gasteiger partial charge in [-0.2, -0.15) is 0 Å². The topological polar surface area (TPSA) is 128 Å². The Morgan fingerprint density at radius 1 is 0.700 bits per heavy atom. The number of ether oxygens (including phenoxy) is 2. The maximum atomic E-state index is 15.1. The van der Waals surface area contributed by atoms with Gasteiger partial charge in [0.15, 0.2) is 6.29 Å². The maximum absolute atomic E-state index is 15.1. The molecule has 0 aromatic rings. The standard InChI is InChI=1S/C41H32FNO7/c1-3-5-7-9-10-11-12-13-14-15-16-17-18-19-20-21-22-23-24-25-26-27-29-31-37(45)43-35(34(42)30-28-8-6-4-2)33-49-41-40(48)39(47)38(46)36(32-44)50-41/h34-36,38-41,44,46-48H,4,6,8,28,30,32-33H2,1-2H3,(H,43,45)/t34-,35+,36?,38+,39+,40?,41+/m1/s1. The van der Waals surface area contributed by atoms with Crippen molar-refractivity contribution in [2.45, 2.75) is 88.9 Å². The van der Waals surface area contributed by atoms with Crippen molar-refractivity contribution in [3.63, 3.8) is 0 Å². The summed E-state index contributed by atoms with van der Waals surface area (Å²) < 4.78 is 25.9. The van der Waals surface area contributed by atoms with Crippen LogP contribution in [-0.4, -0.2) is 82.5 Å². The van der Waals surface area contributed by atoms with Crippen molar-refractivity contribution in [3.8, 4) is 142 Å². The lowest BCUT2D eigenvalue weighted by molar-refractivity contribution is -0.302. The van der Waals surface area contributed by atoms with Crippen LogP contribution in [0.2, 0.25) is 0 Å². The largest absolute Gasteiger partial charge is 0.394 e. The number of unbranched alkanes of at least 4 members (excludes halogenated alkanes) is 3. The fraction of sp³-hybridized carbons (Fsp3) is 0.390. The second-order valence-electron chi connectivity index (χ2n) is 9.60. The Labute approximate surface area is 294 Å². The number of amides is 1. The number of hydrogen-bond donors (Lipinski definition) is 5. The first-order valence-electron chi connectivity index (χ1n) is 15.1. The summed E-state index contributed by atoms with van der Waals surface area (Å²) in [6, 6.07) is -1.18. The average molecular weight is 670 g/mol. The van der Waals surface area contributed by atoms with E-state index in [9.17, 15) is 25.2 Å². The number of carbonyl (C=O) groups is 1. The minimum absolute atomic E-state index is 0.133. The molecule has 0 bridgehead atoms. The highest BCUT2D eigenvalue weighted by Crippen LogP contribution is 2.22. The number of carbonyl (C=O) groups excluding carboxylic acids is 1. The first-order valence-corrected chi connectivity index (χ1v) is 15.1. The third-order valence-electron chi connectivity index (χ3n) is 5.99. The monoisotopic (exact) mass is 669 g/mol. The molecule has 1 amide bonds. The van der Waals surface area contributed by atoms with Crippen LogP contribution in [0.5, 0.6) is 0 Å². The quantitative estimate of drug-likeness (QED) is 0.151. The fourth-order valence-corrected chi connectivity index (χ4v) is 3.59. The van der Waals surface area contributed by atoms with Gasteiger partial charge in [0.25, 0.3) is 5.91 Å². The van der Waals surface area contributed by atoms with E-state index in [2.05, 4.69) is 147 Å². The Morgan fingerprint density at radius 2 is 1.16 bits per heavy atom. The lowest BCUT2D eigenvalue weighted by atomic mass is 9.99. The van der Waals surface area contributed by atoms with Gasteiger partial charge in [-0.05, 0) is 108 Å². The zero-order chi connectivity index (χ0) is 36.7. The van der Waals surface area contributed by atoms with E-state index in [1.807, 2.05) is 6.92 Å². The minimum atomic E-state index is -1.67. The highest BCUT2D eigenvalue weighted by Gasteiger charge is 2.44. The zero-order valence-corrected chi connectivity index (χ0v) is 27.4. The molecular formula is C41H32FNO7. The molecule has 0 spiro atoms. The summed E-state index contributed by atoms with van der Waals surface area (Å²) in [5.41, 5.74) is 0. The predicted octanol–water partition coefficient (Wildman–Crippen LogP) is -0.343. The van der Waals surface area contributed by atoms with E-state index < -0.39 is 62.0 Å². The van der Waals surface area contributed by atoms with Crippen LogP contribution in [-0.2, 0) is 14.3 Å². The van der Waals surface area contributed by atoms with Crippen LogP contribution in [0.4, 0.5) is 4.39 Å². The number of halogens is 1. The molecular weight excluding hydrogens is 637 g/mol. The summed E-state index contributed by atoms with van der Waals surface area (Å²) >= 11 is 0. The van der Waals surface area contributed by atoms with Gasteiger partial charge in [-0.3, -0.25) is 4.79 Å². The van der Waals surface area contributed by atoms with Crippen molar-refractivity contribution in [3.05, 3.63) is 0 Å². The summed E-state index contributed by atoms with van der Waals surface area (Å²) in [6.07, 6.45) is -5.70. The molecule has 0 aromatic carbocycles. The summed E-state index contributed by atoms with van der Waals surface area (Å²) in [6.45, 7) is 2.60. The third-order valence-corrected chi connectivity index (χ3v) is 5.99. The predicted molar refractivity (Wildman–Crippen MR) is 184 cm³/mol. The normalized spacial score (nSPS) is 18.3. The van der Waals surface area contributed by atoms with Gasteiger partial charge in [0.05, 0.1) is 19.3 Å². The summed E-state index contributed by atoms with van der Waals surface area (Å²) in [4.78, 5) is 12.4. The molecule has 0 saturated carbocycles. The SMILES string of the molecule is CC#CC#CC#CC#CC#CC#CC#CC#CC#CC#CC#CC#CC(=O)N[C@@H](CO[C@H]1OC(CO)[C@H](O)[C@H](O)C1O)[C@H](F)CCCCCC. The van der Waals surface area contributed by atoms with Crippen LogP contribution >= 0.6 is 0 Å². The molecule has 1 saturated heterocycles. The van der Waals surface area contributed by atoms with E-state index >= 15 is 4.39 Å². The van der Waals surface area contributed by atoms with Crippen LogP contribution < -0.4 is 5.32 Å². The van der Waals surface area contributed by atoms with E-state index in [-0.39, 0.29) is 6.42 Å². The number of aliphatic hydroxyl groups is 4. The van der Waals surface area contributed by atoms with Crippen molar-refractivity contribution in [1.82, 2.24) is 5.32 Å². The molecule has 0 aromatic heterocycles. The molecule has 7 atom stereocenters. The second kappa shape index (κ2) is 27.9. The smallest absolute Gasteiger partial charge is 0.297 e. The van der Waals surface area contributed by atoms with E-state index in [0.29, 0.717) is 6.42 Å². The second-order valence-corrected chi connectivity index (χ2v) is 9.60. The summed E-state index contributed by atoms with van der Waals surface area (Å²) in [7, 11) is 0. The molecule has 0 radical (unpaired) electrons. The van der Waals surface area contributed by atoms with Gasteiger partial charge >= 0.3 is 0 Å². The number of alkyl halides is 1. The summed E-state index contributed by atoms with van der Waals surface area (Å²) in [5, 5.41) is 41.9. The van der Waals surface area contributed by atoms with Crippen LogP contribution in [0.3, 0.4) is 0 Å². The van der Waals surface area contributed by atoms with Gasteiger partial charge in [0, 0.05) is 41.4 Å². The lowest BCUT2D eigenvalue weighted by Gasteiger charge is -2.40. The Kier molecular flexibility index (Phi) is 23.4. The Morgan fingerprint density at radius 3 is 1.60 bits per heavy atom. The highest BCUT2D eigenvalue weighted by atomic mass is 19.1. The Balaban J connectivity index is 2.69. The van der Waals surface area contributed by atoms with Gasteiger partial charge in [0.1, 0.15) is 30.6 Å². The van der Waals surface area contributed by atoms with Crippen LogP contribution in [0, 0.1) is 142 Å². The highest BCUT2D eigenvalue weighted by molar-refractivity contribution is 5.94. The molecule has 1 fully saturated rings. The van der Waals surface area contributed by atoms with Crippen LogP contribution in [0.15, 0.2) is 0 Å². The first kappa shape index (κ1) is 41.9. The van der Waals surface area contributed by atoms with Crippen molar-refractivity contribution >= 4 is 5.91 Å². The van der Waals surface area contributed by atoms with Gasteiger partial charge in [-0.25, -0.2) is 4.39 Å².